The Morgan fingerprint density at radius 1 is 0.900 bits per heavy atom. The standard InChI is InChI=1S/C18H26N2/c1-3-17(18-7-12-20(13-8-18)14-9-18)4-2-15(1)16-5-10-19-11-6-16/h1-4,16,19H,5-14H2. The lowest BCUT2D eigenvalue weighted by Gasteiger charge is -2.49. The number of rotatable bonds is 2. The average Bonchev–Trinajstić information content (AvgIpc) is 2.58. The minimum atomic E-state index is 0.515. The second kappa shape index (κ2) is 5.16. The Labute approximate surface area is 122 Å². The average molecular weight is 270 g/mol. The molecule has 108 valence electrons. The maximum Gasteiger partial charge on any atom is -0.00102 e. The van der Waals surface area contributed by atoms with Gasteiger partial charge in [-0.05, 0) is 87.3 Å². The molecule has 2 bridgehead atoms. The molecule has 2 heteroatoms. The Morgan fingerprint density at radius 3 is 2.10 bits per heavy atom. The molecule has 4 fully saturated rings. The van der Waals surface area contributed by atoms with Crippen molar-refractivity contribution in [1.82, 2.24) is 10.2 Å². The third-order valence-corrected chi connectivity index (χ3v) is 6.05. The summed E-state index contributed by atoms with van der Waals surface area (Å²) in [6, 6.07) is 9.78. The number of hydrogen-bond donors (Lipinski definition) is 1. The van der Waals surface area contributed by atoms with E-state index < -0.39 is 0 Å². The lowest BCUT2D eigenvalue weighted by molar-refractivity contribution is 0.0817. The van der Waals surface area contributed by atoms with E-state index in [1.54, 1.807) is 11.1 Å². The van der Waals surface area contributed by atoms with Gasteiger partial charge in [0.05, 0.1) is 0 Å². The van der Waals surface area contributed by atoms with Crippen LogP contribution in [0.3, 0.4) is 0 Å². The summed E-state index contributed by atoms with van der Waals surface area (Å²) in [4.78, 5) is 2.63. The fourth-order valence-corrected chi connectivity index (χ4v) is 4.52. The van der Waals surface area contributed by atoms with Crippen LogP contribution in [0.2, 0.25) is 0 Å². The van der Waals surface area contributed by atoms with Crippen molar-refractivity contribution in [3.63, 3.8) is 0 Å². The van der Waals surface area contributed by atoms with Crippen LogP contribution in [-0.4, -0.2) is 37.6 Å². The highest BCUT2D eigenvalue weighted by molar-refractivity contribution is 5.32. The normalized spacial score (nSPS) is 34.3. The van der Waals surface area contributed by atoms with E-state index in [0.29, 0.717) is 5.41 Å². The highest BCUT2D eigenvalue weighted by atomic mass is 15.1. The van der Waals surface area contributed by atoms with Crippen LogP contribution in [0.4, 0.5) is 0 Å². The van der Waals surface area contributed by atoms with Crippen molar-refractivity contribution in [2.75, 3.05) is 32.7 Å². The monoisotopic (exact) mass is 270 g/mol. The molecule has 20 heavy (non-hydrogen) atoms. The zero-order valence-corrected chi connectivity index (χ0v) is 12.4. The second-order valence-corrected chi connectivity index (χ2v) is 7.02. The van der Waals surface area contributed by atoms with E-state index in [2.05, 4.69) is 34.5 Å². The first-order valence-corrected chi connectivity index (χ1v) is 8.39. The van der Waals surface area contributed by atoms with Crippen LogP contribution in [0.1, 0.15) is 49.1 Å². The summed E-state index contributed by atoms with van der Waals surface area (Å²) in [7, 11) is 0. The minimum absolute atomic E-state index is 0.515. The Bertz CT molecular complexity index is 437. The molecular weight excluding hydrogens is 244 g/mol. The highest BCUT2D eigenvalue weighted by Gasteiger charge is 2.40. The third-order valence-electron chi connectivity index (χ3n) is 6.05. The fourth-order valence-electron chi connectivity index (χ4n) is 4.52. The summed E-state index contributed by atoms with van der Waals surface area (Å²) in [5, 5.41) is 3.46. The van der Waals surface area contributed by atoms with Gasteiger partial charge < -0.3 is 10.2 Å². The van der Waals surface area contributed by atoms with Crippen molar-refractivity contribution in [3.05, 3.63) is 35.4 Å². The zero-order valence-electron chi connectivity index (χ0n) is 12.4. The number of nitrogens with one attached hydrogen (secondary N) is 1. The van der Waals surface area contributed by atoms with Gasteiger partial charge in [-0.15, -0.1) is 0 Å². The number of nitrogens with zero attached hydrogens (tertiary/aromatic N) is 1. The molecule has 0 aromatic heterocycles. The second-order valence-electron chi connectivity index (χ2n) is 7.02. The first kappa shape index (κ1) is 12.8. The number of fused-ring (bicyclic) bond motifs is 3. The predicted molar refractivity (Wildman–Crippen MR) is 83.3 cm³/mol. The van der Waals surface area contributed by atoms with Crippen molar-refractivity contribution < 1.29 is 0 Å². The molecule has 4 aliphatic rings. The maximum absolute atomic E-state index is 3.46. The Hall–Kier alpha value is -0.860. The van der Waals surface area contributed by atoms with Crippen molar-refractivity contribution >= 4 is 0 Å². The van der Waals surface area contributed by atoms with Crippen LogP contribution in [0.25, 0.3) is 0 Å². The molecule has 4 heterocycles. The molecule has 0 radical (unpaired) electrons. The van der Waals surface area contributed by atoms with Gasteiger partial charge in [0.2, 0.25) is 0 Å². The van der Waals surface area contributed by atoms with Gasteiger partial charge in [0.25, 0.3) is 0 Å². The van der Waals surface area contributed by atoms with E-state index in [9.17, 15) is 0 Å². The number of benzene rings is 1. The van der Waals surface area contributed by atoms with Crippen LogP contribution in [0.15, 0.2) is 24.3 Å². The Balaban J connectivity index is 1.54. The molecule has 1 aromatic carbocycles. The molecule has 4 saturated heterocycles. The molecule has 4 aliphatic heterocycles. The third kappa shape index (κ3) is 2.19. The smallest absolute Gasteiger partial charge is 0.00102 e. The van der Waals surface area contributed by atoms with E-state index in [1.165, 1.54) is 64.8 Å². The van der Waals surface area contributed by atoms with Crippen LogP contribution < -0.4 is 5.32 Å². The summed E-state index contributed by atoms with van der Waals surface area (Å²) in [5.74, 6) is 0.788. The van der Waals surface area contributed by atoms with Crippen LogP contribution in [0.5, 0.6) is 0 Å². The lowest BCUT2D eigenvalue weighted by Crippen LogP contribution is -2.50. The molecule has 0 unspecified atom stereocenters. The number of piperidine rings is 4. The van der Waals surface area contributed by atoms with Crippen LogP contribution in [0, 0.1) is 0 Å². The predicted octanol–water partition coefficient (Wildman–Crippen LogP) is 2.89. The van der Waals surface area contributed by atoms with Crippen molar-refractivity contribution in [3.8, 4) is 0 Å². The zero-order chi connectivity index (χ0) is 13.4. The van der Waals surface area contributed by atoms with Gasteiger partial charge in [0, 0.05) is 0 Å². The molecule has 0 amide bonds. The van der Waals surface area contributed by atoms with Gasteiger partial charge in [0.1, 0.15) is 0 Å². The summed E-state index contributed by atoms with van der Waals surface area (Å²) in [5.41, 5.74) is 3.70. The first-order chi connectivity index (χ1) is 9.86. The fraction of sp³-hybridized carbons (Fsp3) is 0.667. The molecule has 0 saturated carbocycles. The van der Waals surface area contributed by atoms with Gasteiger partial charge in [-0.1, -0.05) is 24.3 Å². The molecule has 5 rings (SSSR count). The number of hydrogen-bond acceptors (Lipinski definition) is 2. The van der Waals surface area contributed by atoms with Gasteiger partial charge in [-0.2, -0.15) is 0 Å². The van der Waals surface area contributed by atoms with Crippen LogP contribution >= 0.6 is 0 Å². The van der Waals surface area contributed by atoms with Crippen molar-refractivity contribution in [2.45, 2.75) is 43.4 Å². The molecule has 0 atom stereocenters. The van der Waals surface area contributed by atoms with Gasteiger partial charge in [-0.25, -0.2) is 0 Å². The molecule has 1 aromatic rings. The summed E-state index contributed by atoms with van der Waals surface area (Å²) >= 11 is 0. The molecular formula is C18H26N2. The maximum atomic E-state index is 3.46. The quantitative estimate of drug-likeness (QED) is 0.889. The summed E-state index contributed by atoms with van der Waals surface area (Å²) < 4.78 is 0. The summed E-state index contributed by atoms with van der Waals surface area (Å²) in [6.45, 7) is 6.32. The lowest BCUT2D eigenvalue weighted by atomic mass is 9.67. The Kier molecular flexibility index (Phi) is 3.31. The van der Waals surface area contributed by atoms with Gasteiger partial charge >= 0.3 is 0 Å². The van der Waals surface area contributed by atoms with Crippen molar-refractivity contribution in [2.24, 2.45) is 0 Å². The molecule has 1 N–H and O–H groups in total. The molecule has 0 spiro atoms. The van der Waals surface area contributed by atoms with Crippen molar-refractivity contribution in [1.29, 1.82) is 0 Å². The van der Waals surface area contributed by atoms with Crippen LogP contribution in [-0.2, 0) is 5.41 Å². The Morgan fingerprint density at radius 2 is 1.50 bits per heavy atom. The molecule has 0 aliphatic carbocycles. The molecule has 2 nitrogen and oxygen atoms in total. The van der Waals surface area contributed by atoms with E-state index in [-0.39, 0.29) is 0 Å². The van der Waals surface area contributed by atoms with E-state index in [0.717, 1.165) is 5.92 Å². The van der Waals surface area contributed by atoms with Gasteiger partial charge in [-0.3, -0.25) is 0 Å². The van der Waals surface area contributed by atoms with E-state index in [1.807, 2.05) is 0 Å². The van der Waals surface area contributed by atoms with Gasteiger partial charge in [0.15, 0.2) is 0 Å². The SMILES string of the molecule is c1cc(C23CCN(CC2)CC3)ccc1C1CCNCC1. The van der Waals surface area contributed by atoms with E-state index in [4.69, 9.17) is 0 Å². The first-order valence-electron chi connectivity index (χ1n) is 8.39. The highest BCUT2D eigenvalue weighted by Crippen LogP contribution is 2.43. The van der Waals surface area contributed by atoms with E-state index >= 15 is 0 Å². The largest absolute Gasteiger partial charge is 0.317 e. The topological polar surface area (TPSA) is 15.3 Å². The minimum Gasteiger partial charge on any atom is -0.317 e. The summed E-state index contributed by atoms with van der Waals surface area (Å²) in [6.07, 6.45) is 6.73.